The number of carbonyl (C=O) groups excluding carboxylic acids is 4. The molecular formula is C23H21BrN2O5. The number of ether oxygens (including phenoxy) is 1. The Labute approximate surface area is 187 Å². The van der Waals surface area contributed by atoms with E-state index in [1.807, 2.05) is 0 Å². The highest BCUT2D eigenvalue weighted by Crippen LogP contribution is 2.40. The number of halogens is 1. The van der Waals surface area contributed by atoms with Gasteiger partial charge >= 0.3 is 5.97 Å². The third-order valence-electron chi connectivity index (χ3n) is 5.64. The first-order valence-corrected chi connectivity index (χ1v) is 10.9. The zero-order chi connectivity index (χ0) is 22.0. The lowest BCUT2D eigenvalue weighted by Crippen LogP contribution is -2.31. The molecule has 1 heterocycles. The SMILES string of the molecule is O=C(COC(=O)c1cccc(N2C(=O)[C@H]3CCCC[C@H]3C2=O)c1)Nc1ccc(Br)cc1. The van der Waals surface area contributed by atoms with Crippen LogP contribution < -0.4 is 10.2 Å². The highest BCUT2D eigenvalue weighted by Gasteiger charge is 2.48. The fraction of sp³-hybridized carbons (Fsp3) is 0.304. The average molecular weight is 485 g/mol. The summed E-state index contributed by atoms with van der Waals surface area (Å²) in [5.41, 5.74) is 1.11. The molecule has 0 radical (unpaired) electrons. The minimum absolute atomic E-state index is 0.171. The van der Waals surface area contributed by atoms with Crippen molar-refractivity contribution in [3.8, 4) is 0 Å². The van der Waals surface area contributed by atoms with E-state index in [2.05, 4.69) is 21.2 Å². The van der Waals surface area contributed by atoms with Crippen molar-refractivity contribution < 1.29 is 23.9 Å². The van der Waals surface area contributed by atoms with Gasteiger partial charge in [0.1, 0.15) is 0 Å². The predicted octanol–water partition coefficient (Wildman–Crippen LogP) is 3.92. The number of anilines is 2. The lowest BCUT2D eigenvalue weighted by Gasteiger charge is -2.19. The minimum Gasteiger partial charge on any atom is -0.452 e. The van der Waals surface area contributed by atoms with Gasteiger partial charge in [0.05, 0.1) is 23.1 Å². The Hall–Kier alpha value is -3.00. The highest BCUT2D eigenvalue weighted by molar-refractivity contribution is 9.10. The number of benzene rings is 2. The number of nitrogens with one attached hydrogen (secondary N) is 1. The molecule has 1 N–H and O–H groups in total. The summed E-state index contributed by atoms with van der Waals surface area (Å²) in [6, 6.07) is 13.2. The Morgan fingerprint density at radius 1 is 1.00 bits per heavy atom. The van der Waals surface area contributed by atoms with Crippen molar-refractivity contribution in [2.45, 2.75) is 25.7 Å². The molecule has 0 spiro atoms. The van der Waals surface area contributed by atoms with Crippen LogP contribution in [0.15, 0.2) is 53.0 Å². The van der Waals surface area contributed by atoms with E-state index in [1.165, 1.54) is 17.0 Å². The van der Waals surface area contributed by atoms with Gasteiger partial charge in [-0.25, -0.2) is 4.79 Å². The maximum absolute atomic E-state index is 12.8. The molecular weight excluding hydrogens is 464 g/mol. The number of fused-ring (bicyclic) bond motifs is 1. The van der Waals surface area contributed by atoms with Crippen LogP contribution >= 0.6 is 15.9 Å². The monoisotopic (exact) mass is 484 g/mol. The van der Waals surface area contributed by atoms with Crippen molar-refractivity contribution >= 4 is 51.0 Å². The zero-order valence-corrected chi connectivity index (χ0v) is 18.3. The lowest BCUT2D eigenvalue weighted by molar-refractivity contribution is -0.122. The Bertz CT molecular complexity index is 1010. The Kier molecular flexibility index (Phi) is 6.18. The summed E-state index contributed by atoms with van der Waals surface area (Å²) < 4.78 is 5.98. The van der Waals surface area contributed by atoms with Crippen molar-refractivity contribution in [1.29, 1.82) is 0 Å². The molecule has 31 heavy (non-hydrogen) atoms. The standard InChI is InChI=1S/C23H21BrN2O5/c24-15-8-10-16(11-9-15)25-20(27)13-31-23(30)14-4-3-5-17(12-14)26-21(28)18-6-1-2-7-19(18)22(26)29/h3-5,8-12,18-19H,1-2,6-7,13H2,(H,25,27)/t18-,19+. The summed E-state index contributed by atoms with van der Waals surface area (Å²) in [5.74, 6) is -2.10. The average Bonchev–Trinajstić information content (AvgIpc) is 3.04. The summed E-state index contributed by atoms with van der Waals surface area (Å²) in [4.78, 5) is 51.2. The van der Waals surface area contributed by atoms with Gasteiger partial charge in [-0.2, -0.15) is 0 Å². The number of imide groups is 1. The van der Waals surface area contributed by atoms with E-state index in [-0.39, 0.29) is 29.2 Å². The molecule has 1 aliphatic heterocycles. The van der Waals surface area contributed by atoms with Gasteiger partial charge in [-0.05, 0) is 55.3 Å². The fourth-order valence-electron chi connectivity index (χ4n) is 4.13. The van der Waals surface area contributed by atoms with E-state index < -0.39 is 18.5 Å². The van der Waals surface area contributed by atoms with E-state index in [9.17, 15) is 19.2 Å². The second-order valence-corrected chi connectivity index (χ2v) is 8.61. The van der Waals surface area contributed by atoms with E-state index in [0.717, 1.165) is 30.2 Å². The van der Waals surface area contributed by atoms with Crippen molar-refractivity contribution in [3.63, 3.8) is 0 Å². The van der Waals surface area contributed by atoms with Crippen LogP contribution in [-0.4, -0.2) is 30.3 Å². The summed E-state index contributed by atoms with van der Waals surface area (Å²) in [6.45, 7) is -0.454. The van der Waals surface area contributed by atoms with Crippen LogP contribution in [0, 0.1) is 11.8 Å². The van der Waals surface area contributed by atoms with Gasteiger partial charge < -0.3 is 10.1 Å². The van der Waals surface area contributed by atoms with Gasteiger partial charge in [-0.1, -0.05) is 34.8 Å². The molecule has 4 rings (SSSR count). The molecule has 2 aromatic carbocycles. The first kappa shape index (κ1) is 21.2. The van der Waals surface area contributed by atoms with Gasteiger partial charge in [-0.3, -0.25) is 19.3 Å². The number of esters is 1. The quantitative estimate of drug-likeness (QED) is 0.512. The largest absolute Gasteiger partial charge is 0.452 e. The molecule has 8 heteroatoms. The topological polar surface area (TPSA) is 92.8 Å². The number of amides is 3. The summed E-state index contributed by atoms with van der Waals surface area (Å²) >= 11 is 3.31. The normalized spacial score (nSPS) is 20.4. The number of hydrogen-bond donors (Lipinski definition) is 1. The number of rotatable bonds is 5. The van der Waals surface area contributed by atoms with Gasteiger partial charge in [-0.15, -0.1) is 0 Å². The van der Waals surface area contributed by atoms with Crippen LogP contribution in [0.4, 0.5) is 11.4 Å². The van der Waals surface area contributed by atoms with Gasteiger partial charge in [0.2, 0.25) is 11.8 Å². The molecule has 1 saturated carbocycles. The second-order valence-electron chi connectivity index (χ2n) is 7.69. The molecule has 0 unspecified atom stereocenters. The maximum Gasteiger partial charge on any atom is 0.338 e. The van der Waals surface area contributed by atoms with Crippen LogP contribution in [0.3, 0.4) is 0 Å². The Morgan fingerprint density at radius 2 is 1.65 bits per heavy atom. The first-order chi connectivity index (χ1) is 14.9. The van der Waals surface area contributed by atoms with Crippen LogP contribution in [0.2, 0.25) is 0 Å². The van der Waals surface area contributed by atoms with Crippen molar-refractivity contribution in [3.05, 3.63) is 58.6 Å². The minimum atomic E-state index is -0.704. The van der Waals surface area contributed by atoms with E-state index in [1.54, 1.807) is 36.4 Å². The second kappa shape index (κ2) is 9.01. The third kappa shape index (κ3) is 4.54. The summed E-state index contributed by atoms with van der Waals surface area (Å²) in [7, 11) is 0. The van der Waals surface area contributed by atoms with Gasteiger partial charge in [0.25, 0.3) is 5.91 Å². The van der Waals surface area contributed by atoms with Crippen molar-refractivity contribution in [2.75, 3.05) is 16.8 Å². The zero-order valence-electron chi connectivity index (χ0n) is 16.7. The van der Waals surface area contributed by atoms with Crippen LogP contribution in [0.5, 0.6) is 0 Å². The molecule has 0 aromatic heterocycles. The number of nitrogens with zero attached hydrogens (tertiary/aromatic N) is 1. The highest BCUT2D eigenvalue weighted by atomic mass is 79.9. The van der Waals surface area contributed by atoms with Gasteiger partial charge in [0.15, 0.2) is 6.61 Å². The van der Waals surface area contributed by atoms with Crippen molar-refractivity contribution in [2.24, 2.45) is 11.8 Å². The molecule has 2 fully saturated rings. The molecule has 7 nitrogen and oxygen atoms in total. The molecule has 160 valence electrons. The third-order valence-corrected chi connectivity index (χ3v) is 6.17. The van der Waals surface area contributed by atoms with Gasteiger partial charge in [0, 0.05) is 10.2 Å². The molecule has 2 aromatic rings. The first-order valence-electron chi connectivity index (χ1n) is 10.1. The predicted molar refractivity (Wildman–Crippen MR) is 117 cm³/mol. The maximum atomic E-state index is 12.8. The van der Waals surface area contributed by atoms with Crippen LogP contribution in [0.25, 0.3) is 0 Å². The molecule has 2 aliphatic rings. The number of hydrogen-bond acceptors (Lipinski definition) is 5. The lowest BCUT2D eigenvalue weighted by atomic mass is 9.81. The van der Waals surface area contributed by atoms with E-state index in [4.69, 9.17) is 4.74 Å². The smallest absolute Gasteiger partial charge is 0.338 e. The molecule has 1 aliphatic carbocycles. The molecule has 2 atom stereocenters. The van der Waals surface area contributed by atoms with Crippen LogP contribution in [0.1, 0.15) is 36.0 Å². The van der Waals surface area contributed by atoms with E-state index >= 15 is 0 Å². The summed E-state index contributed by atoms with van der Waals surface area (Å²) in [5, 5.41) is 2.64. The van der Waals surface area contributed by atoms with Crippen molar-refractivity contribution in [1.82, 2.24) is 0 Å². The molecule has 3 amide bonds. The van der Waals surface area contributed by atoms with Crippen LogP contribution in [-0.2, 0) is 19.1 Å². The summed E-state index contributed by atoms with van der Waals surface area (Å²) in [6.07, 6.45) is 3.34. The molecule has 1 saturated heterocycles. The molecule has 0 bridgehead atoms. The fourth-order valence-corrected chi connectivity index (χ4v) is 4.40. The number of carbonyl (C=O) groups is 4. The van der Waals surface area contributed by atoms with E-state index in [0.29, 0.717) is 11.4 Å². The Balaban J connectivity index is 1.40. The Morgan fingerprint density at radius 3 is 2.29 bits per heavy atom.